The van der Waals surface area contributed by atoms with Crippen LogP contribution in [0.4, 0.5) is 0 Å². The first-order valence-corrected chi connectivity index (χ1v) is 5.69. The number of nitrogens with zero attached hydrogens (tertiary/aromatic N) is 1. The Morgan fingerprint density at radius 1 is 1.27 bits per heavy atom. The average molecular weight is 213 g/mol. The summed E-state index contributed by atoms with van der Waals surface area (Å²) in [5.41, 5.74) is 0. The van der Waals surface area contributed by atoms with Crippen molar-refractivity contribution in [2.45, 2.75) is 45.0 Å². The van der Waals surface area contributed by atoms with Crippen LogP contribution >= 0.6 is 0 Å². The minimum atomic E-state index is -0.601. The molecule has 0 spiro atoms. The van der Waals surface area contributed by atoms with Gasteiger partial charge < -0.3 is 14.4 Å². The molecule has 1 amide bonds. The number of carbonyl (C=O) groups is 1. The molecule has 0 aromatic rings. The molecule has 0 bridgehead atoms. The fraction of sp³-hybridized carbons (Fsp3) is 0.909. The van der Waals surface area contributed by atoms with Crippen LogP contribution in [0.25, 0.3) is 0 Å². The molecule has 15 heavy (non-hydrogen) atoms. The summed E-state index contributed by atoms with van der Waals surface area (Å²) in [4.78, 5) is 13.9. The van der Waals surface area contributed by atoms with Gasteiger partial charge in [0, 0.05) is 13.1 Å². The first-order chi connectivity index (χ1) is 7.08. The molecule has 0 aromatic heterocycles. The lowest BCUT2D eigenvalue weighted by molar-refractivity contribution is -0.160. The number of piperidine rings is 1. The van der Waals surface area contributed by atoms with E-state index in [0.29, 0.717) is 6.61 Å². The molecule has 0 aliphatic carbocycles. The summed E-state index contributed by atoms with van der Waals surface area (Å²) in [5, 5.41) is 0. The Bertz CT molecular complexity index is 246. The van der Waals surface area contributed by atoms with Gasteiger partial charge in [-0.15, -0.1) is 0 Å². The highest BCUT2D eigenvalue weighted by Crippen LogP contribution is 2.24. The van der Waals surface area contributed by atoms with Gasteiger partial charge in [0.15, 0.2) is 11.9 Å². The van der Waals surface area contributed by atoms with Crippen molar-refractivity contribution in [1.29, 1.82) is 0 Å². The SMILES string of the molecule is CC1(C)OC[C@@H](C(=O)N2CCCCC2)O1. The molecule has 0 unspecified atom stereocenters. The lowest BCUT2D eigenvalue weighted by Crippen LogP contribution is -2.43. The number of hydrogen-bond donors (Lipinski definition) is 0. The molecule has 0 saturated carbocycles. The van der Waals surface area contributed by atoms with Crippen molar-refractivity contribution in [2.75, 3.05) is 19.7 Å². The number of carbonyl (C=O) groups excluding carboxylic acids is 1. The molecule has 0 N–H and O–H groups in total. The summed E-state index contributed by atoms with van der Waals surface area (Å²) in [6.45, 7) is 5.83. The maximum Gasteiger partial charge on any atom is 0.254 e. The molecule has 2 fully saturated rings. The van der Waals surface area contributed by atoms with Gasteiger partial charge in [-0.1, -0.05) is 0 Å². The molecule has 2 aliphatic rings. The summed E-state index contributed by atoms with van der Waals surface area (Å²) in [6.07, 6.45) is 3.07. The molecule has 86 valence electrons. The van der Waals surface area contributed by atoms with Crippen LogP contribution in [0.5, 0.6) is 0 Å². The first kappa shape index (κ1) is 10.9. The van der Waals surface area contributed by atoms with Gasteiger partial charge in [-0.05, 0) is 33.1 Å². The van der Waals surface area contributed by atoms with Gasteiger partial charge in [0.05, 0.1) is 6.61 Å². The predicted octanol–water partition coefficient (Wildman–Crippen LogP) is 1.15. The average Bonchev–Trinajstić information content (AvgIpc) is 2.59. The fourth-order valence-electron chi connectivity index (χ4n) is 2.13. The van der Waals surface area contributed by atoms with Crippen molar-refractivity contribution in [3.8, 4) is 0 Å². The van der Waals surface area contributed by atoms with Gasteiger partial charge in [-0.2, -0.15) is 0 Å². The van der Waals surface area contributed by atoms with Crippen LogP contribution in [0.1, 0.15) is 33.1 Å². The quantitative estimate of drug-likeness (QED) is 0.656. The minimum Gasteiger partial charge on any atom is -0.347 e. The molecule has 0 aromatic carbocycles. The van der Waals surface area contributed by atoms with Crippen LogP contribution in [0, 0.1) is 0 Å². The molecule has 2 saturated heterocycles. The second-order valence-corrected chi connectivity index (χ2v) is 4.70. The van der Waals surface area contributed by atoms with Crippen molar-refractivity contribution < 1.29 is 14.3 Å². The van der Waals surface area contributed by atoms with Gasteiger partial charge in [0.25, 0.3) is 5.91 Å². The van der Waals surface area contributed by atoms with Crippen LogP contribution in [0.15, 0.2) is 0 Å². The Hall–Kier alpha value is -0.610. The van der Waals surface area contributed by atoms with E-state index in [2.05, 4.69) is 0 Å². The van der Waals surface area contributed by atoms with Crippen molar-refractivity contribution in [3.63, 3.8) is 0 Å². The van der Waals surface area contributed by atoms with Crippen molar-refractivity contribution in [3.05, 3.63) is 0 Å². The first-order valence-electron chi connectivity index (χ1n) is 5.69. The fourth-order valence-corrected chi connectivity index (χ4v) is 2.13. The zero-order valence-corrected chi connectivity index (χ0v) is 9.49. The van der Waals surface area contributed by atoms with Gasteiger partial charge in [0.1, 0.15) is 0 Å². The Morgan fingerprint density at radius 3 is 2.47 bits per heavy atom. The van der Waals surface area contributed by atoms with Gasteiger partial charge in [-0.25, -0.2) is 0 Å². The van der Waals surface area contributed by atoms with Crippen LogP contribution in [-0.4, -0.2) is 42.4 Å². The molecule has 4 heteroatoms. The lowest BCUT2D eigenvalue weighted by atomic mass is 10.1. The number of likely N-dealkylation sites (tertiary alicyclic amines) is 1. The predicted molar refractivity (Wildman–Crippen MR) is 55.3 cm³/mol. The zero-order valence-electron chi connectivity index (χ0n) is 9.49. The van der Waals surface area contributed by atoms with Crippen LogP contribution in [0.3, 0.4) is 0 Å². The molecule has 2 heterocycles. The maximum absolute atomic E-state index is 12.0. The monoisotopic (exact) mass is 213 g/mol. The molecular formula is C11H19NO3. The molecule has 1 atom stereocenters. The highest BCUT2D eigenvalue weighted by molar-refractivity contribution is 5.81. The third-order valence-electron chi connectivity index (χ3n) is 2.95. The van der Waals surface area contributed by atoms with Crippen molar-refractivity contribution >= 4 is 5.91 Å². The third kappa shape index (κ3) is 2.49. The Kier molecular flexibility index (Phi) is 2.98. The highest BCUT2D eigenvalue weighted by atomic mass is 16.7. The molecule has 0 radical (unpaired) electrons. The molecular weight excluding hydrogens is 194 g/mol. The summed E-state index contributed by atoms with van der Waals surface area (Å²) in [7, 11) is 0. The number of amides is 1. The second kappa shape index (κ2) is 4.10. The zero-order chi connectivity index (χ0) is 10.9. The Balaban J connectivity index is 1.90. The van der Waals surface area contributed by atoms with Gasteiger partial charge >= 0.3 is 0 Å². The smallest absolute Gasteiger partial charge is 0.254 e. The van der Waals surface area contributed by atoms with Crippen LogP contribution in [-0.2, 0) is 14.3 Å². The van der Waals surface area contributed by atoms with Crippen LogP contribution < -0.4 is 0 Å². The normalized spacial score (nSPS) is 30.5. The van der Waals surface area contributed by atoms with Crippen molar-refractivity contribution in [1.82, 2.24) is 4.90 Å². The summed E-state index contributed by atoms with van der Waals surface area (Å²) < 4.78 is 10.9. The van der Waals surface area contributed by atoms with E-state index in [9.17, 15) is 4.79 Å². The second-order valence-electron chi connectivity index (χ2n) is 4.70. The Labute approximate surface area is 90.5 Å². The minimum absolute atomic E-state index is 0.0975. The molecule has 2 rings (SSSR count). The lowest BCUT2D eigenvalue weighted by Gasteiger charge is -2.28. The topological polar surface area (TPSA) is 38.8 Å². The maximum atomic E-state index is 12.0. The third-order valence-corrected chi connectivity index (χ3v) is 2.95. The van der Waals surface area contributed by atoms with Gasteiger partial charge in [-0.3, -0.25) is 4.79 Å². The van der Waals surface area contributed by atoms with E-state index in [0.717, 1.165) is 25.9 Å². The van der Waals surface area contributed by atoms with E-state index in [-0.39, 0.29) is 5.91 Å². The standard InChI is InChI=1S/C11H19NO3/c1-11(2)14-8-9(15-11)10(13)12-6-4-3-5-7-12/h9H,3-8H2,1-2H3/t9-/m0/s1. The number of ether oxygens (including phenoxy) is 2. The van der Waals surface area contributed by atoms with Gasteiger partial charge in [0.2, 0.25) is 0 Å². The summed E-state index contributed by atoms with van der Waals surface area (Å²) in [5.74, 6) is -0.504. The highest BCUT2D eigenvalue weighted by Gasteiger charge is 2.38. The van der Waals surface area contributed by atoms with E-state index in [1.54, 1.807) is 0 Å². The summed E-state index contributed by atoms with van der Waals surface area (Å²) in [6, 6.07) is 0. The van der Waals surface area contributed by atoms with E-state index < -0.39 is 11.9 Å². The molecule has 4 nitrogen and oxygen atoms in total. The van der Waals surface area contributed by atoms with E-state index in [1.807, 2.05) is 18.7 Å². The summed E-state index contributed by atoms with van der Waals surface area (Å²) >= 11 is 0. The Morgan fingerprint density at radius 2 is 1.93 bits per heavy atom. The largest absolute Gasteiger partial charge is 0.347 e. The van der Waals surface area contributed by atoms with E-state index in [1.165, 1.54) is 6.42 Å². The van der Waals surface area contributed by atoms with Crippen LogP contribution in [0.2, 0.25) is 0 Å². The van der Waals surface area contributed by atoms with E-state index >= 15 is 0 Å². The number of hydrogen-bond acceptors (Lipinski definition) is 3. The molecule has 2 aliphatic heterocycles. The number of rotatable bonds is 1. The van der Waals surface area contributed by atoms with Crippen molar-refractivity contribution in [2.24, 2.45) is 0 Å². The van der Waals surface area contributed by atoms with E-state index in [4.69, 9.17) is 9.47 Å².